The highest BCUT2D eigenvalue weighted by molar-refractivity contribution is 6.01. The van der Waals surface area contributed by atoms with Gasteiger partial charge in [-0.2, -0.15) is 0 Å². The van der Waals surface area contributed by atoms with Crippen LogP contribution in [0.4, 0.5) is 0 Å². The summed E-state index contributed by atoms with van der Waals surface area (Å²) in [4.78, 5) is 23.1. The minimum atomic E-state index is -0.971. The summed E-state index contributed by atoms with van der Waals surface area (Å²) in [6.45, 7) is 7.63. The summed E-state index contributed by atoms with van der Waals surface area (Å²) in [7, 11) is 0. The lowest BCUT2D eigenvalue weighted by Crippen LogP contribution is -2.27. The molecule has 0 heterocycles. The highest BCUT2D eigenvalue weighted by atomic mass is 16.5. The molecular formula is C15H20O4. The second kappa shape index (κ2) is 5.87. The van der Waals surface area contributed by atoms with E-state index in [1.807, 2.05) is 13.8 Å². The molecule has 0 radical (unpaired) electrons. The number of hydrogen-bond donors (Lipinski definition) is 1. The summed E-state index contributed by atoms with van der Waals surface area (Å²) >= 11 is 0. The number of rotatable bonds is 6. The van der Waals surface area contributed by atoms with E-state index in [2.05, 4.69) is 0 Å². The maximum absolute atomic E-state index is 12.3. The number of carbonyl (C=O) groups excluding carboxylic acids is 1. The Labute approximate surface area is 113 Å². The van der Waals surface area contributed by atoms with Crippen LogP contribution in [0.25, 0.3) is 0 Å². The van der Waals surface area contributed by atoms with Crippen molar-refractivity contribution in [3.63, 3.8) is 0 Å². The Hall–Kier alpha value is -1.84. The molecule has 4 nitrogen and oxygen atoms in total. The number of carboxylic acids is 1. The number of benzene rings is 1. The number of aliphatic carboxylic acids is 1. The van der Waals surface area contributed by atoms with Crippen LogP contribution in [0.15, 0.2) is 18.2 Å². The standard InChI is InChI=1S/C15H20O4/c1-5-19-12-7-6-11(8-10(12)2)14(18)15(3,4)9-13(16)17/h6-8H,5,9H2,1-4H3,(H,16,17). The molecule has 0 unspecified atom stereocenters. The first-order valence-electron chi connectivity index (χ1n) is 6.28. The third-order valence-corrected chi connectivity index (χ3v) is 2.94. The van der Waals surface area contributed by atoms with E-state index in [0.29, 0.717) is 12.2 Å². The third kappa shape index (κ3) is 3.81. The summed E-state index contributed by atoms with van der Waals surface area (Å²) in [6, 6.07) is 5.18. The molecule has 1 N–H and O–H groups in total. The molecule has 104 valence electrons. The van der Waals surface area contributed by atoms with Crippen molar-refractivity contribution in [3.8, 4) is 5.75 Å². The van der Waals surface area contributed by atoms with Crippen LogP contribution in [-0.4, -0.2) is 23.5 Å². The Morgan fingerprint density at radius 2 is 1.95 bits per heavy atom. The van der Waals surface area contributed by atoms with Gasteiger partial charge in [0.15, 0.2) is 5.78 Å². The van der Waals surface area contributed by atoms with E-state index in [1.54, 1.807) is 32.0 Å². The van der Waals surface area contributed by atoms with Gasteiger partial charge in [0.05, 0.1) is 13.0 Å². The molecule has 0 atom stereocenters. The van der Waals surface area contributed by atoms with Gasteiger partial charge < -0.3 is 9.84 Å². The minimum absolute atomic E-state index is 0.166. The van der Waals surface area contributed by atoms with E-state index < -0.39 is 11.4 Å². The molecule has 1 aromatic rings. The largest absolute Gasteiger partial charge is 0.494 e. The first-order valence-corrected chi connectivity index (χ1v) is 6.28. The monoisotopic (exact) mass is 264 g/mol. The smallest absolute Gasteiger partial charge is 0.304 e. The van der Waals surface area contributed by atoms with Crippen LogP contribution in [0.3, 0.4) is 0 Å². The number of carboxylic acid groups (broad SMARTS) is 1. The second-order valence-corrected chi connectivity index (χ2v) is 5.20. The van der Waals surface area contributed by atoms with Crippen molar-refractivity contribution in [2.24, 2.45) is 5.41 Å². The van der Waals surface area contributed by atoms with Crippen molar-refractivity contribution in [2.45, 2.75) is 34.1 Å². The van der Waals surface area contributed by atoms with Crippen LogP contribution in [0.1, 0.15) is 43.1 Å². The quantitative estimate of drug-likeness (QED) is 0.802. The van der Waals surface area contributed by atoms with E-state index in [-0.39, 0.29) is 12.2 Å². The van der Waals surface area contributed by atoms with Gasteiger partial charge in [0.1, 0.15) is 5.75 Å². The van der Waals surface area contributed by atoms with E-state index in [4.69, 9.17) is 9.84 Å². The molecule has 0 saturated heterocycles. The molecule has 0 aliphatic rings. The second-order valence-electron chi connectivity index (χ2n) is 5.20. The van der Waals surface area contributed by atoms with Crippen molar-refractivity contribution in [1.82, 2.24) is 0 Å². The zero-order chi connectivity index (χ0) is 14.6. The third-order valence-electron chi connectivity index (χ3n) is 2.94. The van der Waals surface area contributed by atoms with Gasteiger partial charge in [-0.25, -0.2) is 0 Å². The number of aryl methyl sites for hydroxylation is 1. The number of hydrogen-bond acceptors (Lipinski definition) is 3. The molecule has 0 saturated carbocycles. The molecule has 4 heteroatoms. The number of ether oxygens (including phenoxy) is 1. The Balaban J connectivity index is 3.00. The van der Waals surface area contributed by atoms with Crippen molar-refractivity contribution in [2.75, 3.05) is 6.61 Å². The predicted octanol–water partition coefficient (Wildman–Crippen LogP) is 3.08. The highest BCUT2D eigenvalue weighted by Crippen LogP contribution is 2.28. The fourth-order valence-electron chi connectivity index (χ4n) is 1.96. The minimum Gasteiger partial charge on any atom is -0.494 e. The molecule has 19 heavy (non-hydrogen) atoms. The zero-order valence-electron chi connectivity index (χ0n) is 11.8. The van der Waals surface area contributed by atoms with E-state index >= 15 is 0 Å². The van der Waals surface area contributed by atoms with Crippen molar-refractivity contribution >= 4 is 11.8 Å². The molecule has 0 aromatic heterocycles. The average Bonchev–Trinajstić information content (AvgIpc) is 2.29. The van der Waals surface area contributed by atoms with E-state index in [9.17, 15) is 9.59 Å². The average molecular weight is 264 g/mol. The van der Waals surface area contributed by atoms with Crippen molar-refractivity contribution in [3.05, 3.63) is 29.3 Å². The van der Waals surface area contributed by atoms with Gasteiger partial charge in [-0.1, -0.05) is 13.8 Å². The summed E-state index contributed by atoms with van der Waals surface area (Å²) in [5.41, 5.74) is 0.483. The SMILES string of the molecule is CCOc1ccc(C(=O)C(C)(C)CC(=O)O)cc1C. The maximum Gasteiger partial charge on any atom is 0.304 e. The zero-order valence-corrected chi connectivity index (χ0v) is 11.8. The molecule has 1 aromatic carbocycles. The van der Waals surface area contributed by atoms with Gasteiger partial charge >= 0.3 is 5.97 Å². The molecule has 0 aliphatic heterocycles. The molecular weight excluding hydrogens is 244 g/mol. The Kier molecular flexibility index (Phi) is 4.70. The van der Waals surface area contributed by atoms with Crippen LogP contribution in [-0.2, 0) is 4.79 Å². The van der Waals surface area contributed by atoms with Crippen LogP contribution >= 0.6 is 0 Å². The van der Waals surface area contributed by atoms with Crippen LogP contribution in [0.5, 0.6) is 5.75 Å². The van der Waals surface area contributed by atoms with Crippen molar-refractivity contribution < 1.29 is 19.4 Å². The molecule has 0 amide bonds. The summed E-state index contributed by atoms with van der Waals surface area (Å²) < 4.78 is 5.42. The topological polar surface area (TPSA) is 63.6 Å². The number of Topliss-reactive ketones (excluding diaryl/α,β-unsaturated/α-hetero) is 1. The van der Waals surface area contributed by atoms with Crippen LogP contribution in [0.2, 0.25) is 0 Å². The molecule has 0 spiro atoms. The van der Waals surface area contributed by atoms with Gasteiger partial charge in [0.25, 0.3) is 0 Å². The fourth-order valence-corrected chi connectivity index (χ4v) is 1.96. The molecule has 0 bridgehead atoms. The van der Waals surface area contributed by atoms with Gasteiger partial charge in [-0.3, -0.25) is 9.59 Å². The summed E-state index contributed by atoms with van der Waals surface area (Å²) in [5, 5.41) is 8.84. The Morgan fingerprint density at radius 1 is 1.32 bits per heavy atom. The lowest BCUT2D eigenvalue weighted by molar-refractivity contribution is -0.138. The molecule has 0 fully saturated rings. The normalized spacial score (nSPS) is 11.2. The highest BCUT2D eigenvalue weighted by Gasteiger charge is 2.31. The van der Waals surface area contributed by atoms with Crippen molar-refractivity contribution in [1.29, 1.82) is 0 Å². The Bertz CT molecular complexity index is 489. The maximum atomic E-state index is 12.3. The van der Waals surface area contributed by atoms with Gasteiger partial charge in [0.2, 0.25) is 0 Å². The van der Waals surface area contributed by atoms with Gasteiger partial charge in [-0.05, 0) is 37.6 Å². The fraction of sp³-hybridized carbons (Fsp3) is 0.467. The number of ketones is 1. The van der Waals surface area contributed by atoms with E-state index in [1.165, 1.54) is 0 Å². The lowest BCUT2D eigenvalue weighted by atomic mass is 9.81. The summed E-state index contributed by atoms with van der Waals surface area (Å²) in [6.07, 6.45) is -0.182. The first-order chi connectivity index (χ1) is 8.77. The number of carbonyl (C=O) groups is 2. The molecule has 0 aliphatic carbocycles. The first kappa shape index (κ1) is 15.2. The van der Waals surface area contributed by atoms with Crippen LogP contribution in [0, 0.1) is 12.3 Å². The van der Waals surface area contributed by atoms with Gasteiger partial charge in [0, 0.05) is 11.0 Å². The van der Waals surface area contributed by atoms with Gasteiger partial charge in [-0.15, -0.1) is 0 Å². The summed E-state index contributed by atoms with van der Waals surface area (Å²) in [5.74, 6) is -0.392. The molecule has 1 rings (SSSR count). The Morgan fingerprint density at radius 3 is 2.42 bits per heavy atom. The van der Waals surface area contributed by atoms with Crippen LogP contribution < -0.4 is 4.74 Å². The van der Waals surface area contributed by atoms with E-state index in [0.717, 1.165) is 11.3 Å². The lowest BCUT2D eigenvalue weighted by Gasteiger charge is -2.21. The predicted molar refractivity (Wildman–Crippen MR) is 72.7 cm³/mol.